The first-order valence-corrected chi connectivity index (χ1v) is 6.42. The lowest BCUT2D eigenvalue weighted by Gasteiger charge is -2.11. The van der Waals surface area contributed by atoms with Crippen molar-refractivity contribution in [2.75, 3.05) is 0 Å². The zero-order valence-electron chi connectivity index (χ0n) is 10.8. The summed E-state index contributed by atoms with van der Waals surface area (Å²) in [5.41, 5.74) is 6.27. The quantitative estimate of drug-likeness (QED) is 0.770. The third-order valence-corrected chi connectivity index (χ3v) is 3.21. The summed E-state index contributed by atoms with van der Waals surface area (Å²) in [6.45, 7) is 0.237. The van der Waals surface area contributed by atoms with Crippen LogP contribution in [0.1, 0.15) is 5.56 Å². The van der Waals surface area contributed by atoms with Gasteiger partial charge in [-0.2, -0.15) is 0 Å². The Labute approximate surface area is 116 Å². The first-order chi connectivity index (χ1) is 9.78. The van der Waals surface area contributed by atoms with Gasteiger partial charge >= 0.3 is 0 Å². The summed E-state index contributed by atoms with van der Waals surface area (Å²) >= 11 is 0. The Balaban J connectivity index is 2.01. The van der Waals surface area contributed by atoms with E-state index in [1.165, 1.54) is 6.07 Å². The molecule has 100 valence electrons. The van der Waals surface area contributed by atoms with E-state index in [1.54, 1.807) is 12.1 Å². The molecule has 0 aromatic heterocycles. The van der Waals surface area contributed by atoms with Crippen LogP contribution in [0.25, 0.3) is 10.8 Å². The van der Waals surface area contributed by atoms with Crippen molar-refractivity contribution < 1.29 is 9.13 Å². The maximum atomic E-state index is 13.9. The molecule has 3 heteroatoms. The molecule has 2 N–H and O–H groups in total. The minimum atomic E-state index is -0.402. The van der Waals surface area contributed by atoms with Crippen molar-refractivity contribution in [3.8, 4) is 11.5 Å². The fourth-order valence-corrected chi connectivity index (χ4v) is 2.18. The molecule has 0 bridgehead atoms. The van der Waals surface area contributed by atoms with Gasteiger partial charge in [-0.25, -0.2) is 4.39 Å². The van der Waals surface area contributed by atoms with Crippen LogP contribution in [0.3, 0.4) is 0 Å². The zero-order valence-corrected chi connectivity index (χ0v) is 10.8. The van der Waals surface area contributed by atoms with E-state index in [2.05, 4.69) is 0 Å². The van der Waals surface area contributed by atoms with Crippen LogP contribution in [-0.4, -0.2) is 0 Å². The number of halogens is 1. The molecule has 0 fully saturated rings. The van der Waals surface area contributed by atoms with E-state index in [0.717, 1.165) is 10.8 Å². The third-order valence-electron chi connectivity index (χ3n) is 3.21. The van der Waals surface area contributed by atoms with Gasteiger partial charge in [0.15, 0.2) is 11.6 Å². The average molecular weight is 267 g/mol. The van der Waals surface area contributed by atoms with Crippen LogP contribution in [0.2, 0.25) is 0 Å². The van der Waals surface area contributed by atoms with Crippen molar-refractivity contribution in [1.82, 2.24) is 0 Å². The lowest BCUT2D eigenvalue weighted by Crippen LogP contribution is -2.01. The largest absolute Gasteiger partial charge is 0.454 e. The van der Waals surface area contributed by atoms with Gasteiger partial charge < -0.3 is 10.5 Å². The Kier molecular flexibility index (Phi) is 3.35. The summed E-state index contributed by atoms with van der Waals surface area (Å²) in [6.07, 6.45) is 0. The Morgan fingerprint density at radius 1 is 0.900 bits per heavy atom. The standard InChI is InChI=1S/C17H14FNO/c18-16-7-3-6-14(11-19)17(16)20-15-9-8-12-4-1-2-5-13(12)10-15/h1-10H,11,19H2. The van der Waals surface area contributed by atoms with Crippen LogP contribution in [0, 0.1) is 5.82 Å². The molecular formula is C17H14FNO. The lowest BCUT2D eigenvalue weighted by molar-refractivity contribution is 0.437. The van der Waals surface area contributed by atoms with Gasteiger partial charge in [0.25, 0.3) is 0 Å². The van der Waals surface area contributed by atoms with E-state index >= 15 is 0 Å². The molecule has 0 radical (unpaired) electrons. The van der Waals surface area contributed by atoms with Gasteiger partial charge in [-0.3, -0.25) is 0 Å². The lowest BCUT2D eigenvalue weighted by atomic mass is 10.1. The number of fused-ring (bicyclic) bond motifs is 1. The topological polar surface area (TPSA) is 35.2 Å². The smallest absolute Gasteiger partial charge is 0.167 e. The van der Waals surface area contributed by atoms with E-state index < -0.39 is 5.82 Å². The SMILES string of the molecule is NCc1cccc(F)c1Oc1ccc2ccccc2c1. The van der Waals surface area contributed by atoms with Crippen LogP contribution in [0.15, 0.2) is 60.7 Å². The number of hydrogen-bond donors (Lipinski definition) is 1. The molecule has 0 aliphatic carbocycles. The summed E-state index contributed by atoms with van der Waals surface area (Å²) in [5, 5.41) is 2.17. The molecular weight excluding hydrogens is 253 g/mol. The molecule has 0 heterocycles. The summed E-state index contributed by atoms with van der Waals surface area (Å²) < 4.78 is 19.5. The highest BCUT2D eigenvalue weighted by Gasteiger charge is 2.10. The van der Waals surface area contributed by atoms with Gasteiger partial charge in [0.1, 0.15) is 5.75 Å². The van der Waals surface area contributed by atoms with Gasteiger partial charge in [0.05, 0.1) is 0 Å². The fraction of sp³-hybridized carbons (Fsp3) is 0.0588. The molecule has 0 saturated carbocycles. The van der Waals surface area contributed by atoms with Crippen molar-refractivity contribution in [2.24, 2.45) is 5.73 Å². The van der Waals surface area contributed by atoms with Crippen molar-refractivity contribution in [2.45, 2.75) is 6.54 Å². The number of para-hydroxylation sites is 1. The number of hydrogen-bond acceptors (Lipinski definition) is 2. The van der Waals surface area contributed by atoms with Gasteiger partial charge in [0, 0.05) is 12.1 Å². The molecule has 0 amide bonds. The Morgan fingerprint density at radius 3 is 2.50 bits per heavy atom. The third kappa shape index (κ3) is 2.36. The molecule has 0 atom stereocenters. The van der Waals surface area contributed by atoms with Crippen molar-refractivity contribution >= 4 is 10.8 Å². The molecule has 0 saturated heterocycles. The Bertz CT molecular complexity index is 755. The van der Waals surface area contributed by atoms with Gasteiger partial charge in [-0.05, 0) is 29.0 Å². The molecule has 0 spiro atoms. The number of ether oxygens (including phenoxy) is 1. The average Bonchev–Trinajstić information content (AvgIpc) is 2.49. The summed E-state index contributed by atoms with van der Waals surface area (Å²) in [4.78, 5) is 0. The van der Waals surface area contributed by atoms with Crippen LogP contribution in [-0.2, 0) is 6.54 Å². The second kappa shape index (κ2) is 5.31. The monoisotopic (exact) mass is 267 g/mol. The van der Waals surface area contributed by atoms with Gasteiger partial charge in [-0.15, -0.1) is 0 Å². The highest BCUT2D eigenvalue weighted by molar-refractivity contribution is 5.83. The fourth-order valence-electron chi connectivity index (χ4n) is 2.18. The molecule has 3 rings (SSSR count). The summed E-state index contributed by atoms with van der Waals surface area (Å²) in [6, 6.07) is 18.4. The van der Waals surface area contributed by atoms with Gasteiger partial charge in [0.2, 0.25) is 0 Å². The second-order valence-corrected chi connectivity index (χ2v) is 4.54. The molecule has 0 aliphatic rings. The molecule has 3 aromatic carbocycles. The van der Waals surface area contributed by atoms with E-state index in [-0.39, 0.29) is 12.3 Å². The molecule has 3 aromatic rings. The number of rotatable bonds is 3. The van der Waals surface area contributed by atoms with Crippen molar-refractivity contribution in [1.29, 1.82) is 0 Å². The van der Waals surface area contributed by atoms with Crippen LogP contribution >= 0.6 is 0 Å². The minimum Gasteiger partial charge on any atom is -0.454 e. The van der Waals surface area contributed by atoms with Crippen LogP contribution in [0.4, 0.5) is 4.39 Å². The summed E-state index contributed by atoms with van der Waals surface area (Å²) in [7, 11) is 0. The molecule has 0 aliphatic heterocycles. The highest BCUT2D eigenvalue weighted by Crippen LogP contribution is 2.30. The Hall–Kier alpha value is -2.39. The van der Waals surface area contributed by atoms with Crippen LogP contribution in [0.5, 0.6) is 11.5 Å². The Morgan fingerprint density at radius 2 is 1.70 bits per heavy atom. The molecule has 2 nitrogen and oxygen atoms in total. The van der Waals surface area contributed by atoms with Gasteiger partial charge in [-0.1, -0.05) is 42.5 Å². The van der Waals surface area contributed by atoms with Crippen molar-refractivity contribution in [3.63, 3.8) is 0 Å². The van der Waals surface area contributed by atoms with E-state index in [0.29, 0.717) is 11.3 Å². The van der Waals surface area contributed by atoms with E-state index in [1.807, 2.05) is 42.5 Å². The predicted octanol–water partition coefficient (Wildman–Crippen LogP) is 4.23. The molecule has 20 heavy (non-hydrogen) atoms. The highest BCUT2D eigenvalue weighted by atomic mass is 19.1. The summed E-state index contributed by atoms with van der Waals surface area (Å²) in [5.74, 6) is 0.398. The second-order valence-electron chi connectivity index (χ2n) is 4.54. The maximum absolute atomic E-state index is 13.9. The van der Waals surface area contributed by atoms with Crippen molar-refractivity contribution in [3.05, 3.63) is 72.0 Å². The predicted molar refractivity (Wildman–Crippen MR) is 78.3 cm³/mol. The first-order valence-electron chi connectivity index (χ1n) is 6.42. The first kappa shape index (κ1) is 12.6. The maximum Gasteiger partial charge on any atom is 0.167 e. The normalized spacial score (nSPS) is 10.7. The molecule has 0 unspecified atom stereocenters. The van der Waals surface area contributed by atoms with E-state index in [9.17, 15) is 4.39 Å². The van der Waals surface area contributed by atoms with Crippen LogP contribution < -0.4 is 10.5 Å². The number of benzene rings is 3. The number of nitrogens with two attached hydrogens (primary N) is 1. The van der Waals surface area contributed by atoms with E-state index in [4.69, 9.17) is 10.5 Å². The minimum absolute atomic E-state index is 0.199. The zero-order chi connectivity index (χ0) is 13.9.